The van der Waals surface area contributed by atoms with Crippen LogP contribution >= 0.6 is 0 Å². The molecule has 0 aromatic carbocycles. The van der Waals surface area contributed by atoms with Crippen LogP contribution in [0.1, 0.15) is 46.0 Å². The van der Waals surface area contributed by atoms with Gasteiger partial charge in [-0.15, -0.1) is 0 Å². The SMILES string of the molecule is CC(C)CC(NCC1CCCC(F)(F)C1)C(=O)O. The van der Waals surface area contributed by atoms with Crippen molar-refractivity contribution in [2.24, 2.45) is 11.8 Å². The van der Waals surface area contributed by atoms with Crippen molar-refractivity contribution in [1.82, 2.24) is 5.32 Å². The molecule has 5 heteroatoms. The molecule has 0 amide bonds. The monoisotopic (exact) mass is 263 g/mol. The molecule has 0 spiro atoms. The fraction of sp³-hybridized carbons (Fsp3) is 0.923. The van der Waals surface area contributed by atoms with Gasteiger partial charge >= 0.3 is 5.97 Å². The Balaban J connectivity index is 2.39. The second-order valence-corrected chi connectivity index (χ2v) is 5.75. The molecule has 18 heavy (non-hydrogen) atoms. The Bertz CT molecular complexity index is 282. The minimum atomic E-state index is -2.57. The van der Waals surface area contributed by atoms with E-state index in [0.717, 1.165) is 6.42 Å². The standard InChI is InChI=1S/C13H23F2NO2/c1-9(2)6-11(12(17)18)16-8-10-4-3-5-13(14,15)7-10/h9-11,16H,3-8H2,1-2H3,(H,17,18). The lowest BCUT2D eigenvalue weighted by Crippen LogP contribution is -2.42. The van der Waals surface area contributed by atoms with Crippen LogP contribution in [0.3, 0.4) is 0 Å². The molecule has 2 unspecified atom stereocenters. The van der Waals surface area contributed by atoms with Crippen molar-refractivity contribution in [3.05, 3.63) is 0 Å². The highest BCUT2D eigenvalue weighted by atomic mass is 19.3. The van der Waals surface area contributed by atoms with Crippen LogP contribution in [0, 0.1) is 11.8 Å². The first-order chi connectivity index (χ1) is 8.30. The Morgan fingerprint density at radius 1 is 1.50 bits per heavy atom. The number of carboxylic acids is 1. The Morgan fingerprint density at radius 3 is 2.67 bits per heavy atom. The molecular formula is C13H23F2NO2. The summed E-state index contributed by atoms with van der Waals surface area (Å²) in [6.45, 7) is 4.28. The molecule has 1 aliphatic carbocycles. The van der Waals surface area contributed by atoms with Crippen LogP contribution in [-0.2, 0) is 4.79 Å². The number of nitrogens with one attached hydrogen (secondary N) is 1. The zero-order valence-electron chi connectivity index (χ0n) is 11.1. The third kappa shape index (κ3) is 5.29. The molecule has 0 saturated heterocycles. The first kappa shape index (κ1) is 15.3. The summed E-state index contributed by atoms with van der Waals surface area (Å²) in [5.41, 5.74) is 0. The van der Waals surface area contributed by atoms with E-state index in [1.54, 1.807) is 0 Å². The third-order valence-electron chi connectivity index (χ3n) is 3.40. The van der Waals surface area contributed by atoms with Crippen molar-refractivity contribution in [3.63, 3.8) is 0 Å². The predicted molar refractivity (Wildman–Crippen MR) is 65.8 cm³/mol. The molecule has 1 fully saturated rings. The lowest BCUT2D eigenvalue weighted by molar-refractivity contribution is -0.140. The molecule has 1 saturated carbocycles. The number of carboxylic acid groups (broad SMARTS) is 1. The van der Waals surface area contributed by atoms with E-state index in [2.05, 4.69) is 5.32 Å². The van der Waals surface area contributed by atoms with Crippen LogP contribution in [0.5, 0.6) is 0 Å². The van der Waals surface area contributed by atoms with E-state index < -0.39 is 17.9 Å². The summed E-state index contributed by atoms with van der Waals surface area (Å²) >= 11 is 0. The summed E-state index contributed by atoms with van der Waals surface area (Å²) in [7, 11) is 0. The molecule has 2 N–H and O–H groups in total. The smallest absolute Gasteiger partial charge is 0.320 e. The second-order valence-electron chi connectivity index (χ2n) is 5.75. The van der Waals surface area contributed by atoms with Crippen LogP contribution in [0.15, 0.2) is 0 Å². The molecule has 0 aromatic heterocycles. The summed E-state index contributed by atoms with van der Waals surface area (Å²) in [5.74, 6) is -3.30. The van der Waals surface area contributed by atoms with E-state index in [1.807, 2.05) is 13.8 Å². The third-order valence-corrected chi connectivity index (χ3v) is 3.40. The summed E-state index contributed by atoms with van der Waals surface area (Å²) in [6, 6.07) is -0.624. The highest BCUT2D eigenvalue weighted by Gasteiger charge is 2.36. The fourth-order valence-electron chi connectivity index (χ4n) is 2.50. The molecule has 0 aromatic rings. The van der Waals surface area contributed by atoms with Crippen molar-refractivity contribution in [2.75, 3.05) is 6.54 Å². The van der Waals surface area contributed by atoms with Crippen LogP contribution in [0.4, 0.5) is 8.78 Å². The van der Waals surface area contributed by atoms with Crippen LogP contribution in [-0.4, -0.2) is 29.6 Å². The predicted octanol–water partition coefficient (Wildman–Crippen LogP) is 2.90. The van der Waals surface area contributed by atoms with Crippen molar-refractivity contribution < 1.29 is 18.7 Å². The summed E-state index contributed by atoms with van der Waals surface area (Å²) < 4.78 is 26.4. The first-order valence-electron chi connectivity index (χ1n) is 6.64. The van der Waals surface area contributed by atoms with E-state index in [1.165, 1.54) is 0 Å². The number of hydrogen-bond acceptors (Lipinski definition) is 2. The van der Waals surface area contributed by atoms with E-state index in [9.17, 15) is 13.6 Å². The van der Waals surface area contributed by atoms with Gasteiger partial charge in [-0.3, -0.25) is 4.79 Å². The van der Waals surface area contributed by atoms with E-state index in [0.29, 0.717) is 19.4 Å². The average Bonchev–Trinajstić information content (AvgIpc) is 2.22. The van der Waals surface area contributed by atoms with Gasteiger partial charge in [0, 0.05) is 12.8 Å². The minimum absolute atomic E-state index is 0.0299. The van der Waals surface area contributed by atoms with Crippen LogP contribution in [0.25, 0.3) is 0 Å². The first-order valence-corrected chi connectivity index (χ1v) is 6.64. The topological polar surface area (TPSA) is 49.3 Å². The Kier molecular flexibility index (Phi) is 5.50. The summed E-state index contributed by atoms with van der Waals surface area (Å²) in [6.07, 6.45) is 1.67. The number of aliphatic carboxylic acids is 1. The molecule has 0 bridgehead atoms. The van der Waals surface area contributed by atoms with Crippen molar-refractivity contribution in [1.29, 1.82) is 0 Å². The van der Waals surface area contributed by atoms with Gasteiger partial charge in [-0.05, 0) is 37.6 Å². The molecule has 0 aliphatic heterocycles. The average molecular weight is 263 g/mol. The Morgan fingerprint density at radius 2 is 2.17 bits per heavy atom. The summed E-state index contributed by atoms with van der Waals surface area (Å²) in [4.78, 5) is 11.0. The Hall–Kier alpha value is -0.710. The number of hydrogen-bond donors (Lipinski definition) is 2. The lowest BCUT2D eigenvalue weighted by atomic mass is 9.86. The normalized spacial score (nSPS) is 25.1. The van der Waals surface area contributed by atoms with Gasteiger partial charge < -0.3 is 10.4 Å². The number of halogens is 2. The fourth-order valence-corrected chi connectivity index (χ4v) is 2.50. The van der Waals surface area contributed by atoms with Gasteiger partial charge in [-0.2, -0.15) is 0 Å². The molecule has 1 rings (SSSR count). The zero-order valence-corrected chi connectivity index (χ0v) is 11.1. The highest BCUT2D eigenvalue weighted by molar-refractivity contribution is 5.73. The number of carbonyl (C=O) groups is 1. The van der Waals surface area contributed by atoms with E-state index >= 15 is 0 Å². The van der Waals surface area contributed by atoms with Gasteiger partial charge in [0.15, 0.2) is 0 Å². The molecule has 0 radical (unpaired) electrons. The van der Waals surface area contributed by atoms with Crippen LogP contribution in [0.2, 0.25) is 0 Å². The van der Waals surface area contributed by atoms with Crippen molar-refractivity contribution in [2.45, 2.75) is 57.9 Å². The molecular weight excluding hydrogens is 240 g/mol. The molecule has 3 nitrogen and oxygen atoms in total. The maximum absolute atomic E-state index is 13.2. The highest BCUT2D eigenvalue weighted by Crippen LogP contribution is 2.36. The Labute approximate surface area is 107 Å². The zero-order chi connectivity index (χ0) is 13.8. The molecule has 1 aliphatic rings. The second kappa shape index (κ2) is 6.45. The van der Waals surface area contributed by atoms with Gasteiger partial charge in [-0.25, -0.2) is 8.78 Å². The van der Waals surface area contributed by atoms with Crippen molar-refractivity contribution >= 4 is 5.97 Å². The lowest BCUT2D eigenvalue weighted by Gasteiger charge is -2.30. The maximum atomic E-state index is 13.2. The van der Waals surface area contributed by atoms with Gasteiger partial charge in [0.1, 0.15) is 6.04 Å². The van der Waals surface area contributed by atoms with Crippen LogP contribution < -0.4 is 5.32 Å². The van der Waals surface area contributed by atoms with E-state index in [4.69, 9.17) is 5.11 Å². The van der Waals surface area contributed by atoms with E-state index in [-0.39, 0.29) is 24.7 Å². The number of alkyl halides is 2. The van der Waals surface area contributed by atoms with Crippen molar-refractivity contribution in [3.8, 4) is 0 Å². The van der Waals surface area contributed by atoms with Gasteiger partial charge in [0.05, 0.1) is 0 Å². The molecule has 2 atom stereocenters. The number of rotatable bonds is 6. The van der Waals surface area contributed by atoms with Gasteiger partial charge in [-0.1, -0.05) is 13.8 Å². The van der Waals surface area contributed by atoms with Gasteiger partial charge in [0.2, 0.25) is 5.92 Å². The minimum Gasteiger partial charge on any atom is -0.480 e. The molecule has 0 heterocycles. The van der Waals surface area contributed by atoms with Gasteiger partial charge in [0.25, 0.3) is 0 Å². The molecule has 106 valence electrons. The maximum Gasteiger partial charge on any atom is 0.320 e. The largest absolute Gasteiger partial charge is 0.480 e. The summed E-state index contributed by atoms with van der Waals surface area (Å²) in [5, 5.41) is 12.0. The quantitative estimate of drug-likeness (QED) is 0.774.